The molecule has 0 unspecified atom stereocenters. The van der Waals surface area contributed by atoms with E-state index in [1.807, 2.05) is 49.6 Å². The molecule has 0 radical (unpaired) electrons. The Bertz CT molecular complexity index is 1110. The number of aromatic nitrogens is 2. The average molecular weight is 365 g/mol. The van der Waals surface area contributed by atoms with Crippen LogP contribution in [0.25, 0.3) is 5.69 Å². The molecule has 0 saturated carbocycles. The number of hydrogen-bond donors (Lipinski definition) is 0. The third-order valence-corrected chi connectivity index (χ3v) is 4.48. The minimum atomic E-state index is -0.593. The second-order valence-corrected chi connectivity index (χ2v) is 6.49. The first kappa shape index (κ1) is 18.3. The monoisotopic (exact) mass is 365 g/mol. The molecule has 138 valence electrons. The van der Waals surface area contributed by atoms with E-state index in [0.717, 1.165) is 45.5 Å². The summed E-state index contributed by atoms with van der Waals surface area (Å²) in [6.07, 6.45) is 1.10. The van der Waals surface area contributed by atoms with Gasteiger partial charge in [-0.3, -0.25) is 19.7 Å². The van der Waals surface area contributed by atoms with Gasteiger partial charge < -0.3 is 9.13 Å². The van der Waals surface area contributed by atoms with Gasteiger partial charge in [-0.15, -0.1) is 0 Å². The smallest absolute Gasteiger partial charge is 0.285 e. The number of carbonyl (C=O) groups excluding carboxylic acids is 1. The molecule has 1 aromatic carbocycles. The van der Waals surface area contributed by atoms with Crippen LogP contribution in [0.5, 0.6) is 0 Å². The molecule has 0 bridgehead atoms. The molecule has 2 aromatic heterocycles. The lowest BCUT2D eigenvalue weighted by atomic mass is 10.1. The maximum Gasteiger partial charge on any atom is 0.285 e. The summed E-state index contributed by atoms with van der Waals surface area (Å²) in [4.78, 5) is 35.1. The first-order valence-electron chi connectivity index (χ1n) is 8.42. The van der Waals surface area contributed by atoms with E-state index < -0.39 is 10.5 Å². The molecule has 0 spiro atoms. The number of nitrogens with zero attached hydrogens (tertiary/aromatic N) is 3. The minimum Gasteiger partial charge on any atom is -0.318 e. The van der Waals surface area contributed by atoms with Gasteiger partial charge in [0.1, 0.15) is 0 Å². The maximum absolute atomic E-state index is 12.8. The number of aryl methyl sites for hydroxylation is 2. The molecular weight excluding hydrogens is 346 g/mol. The van der Waals surface area contributed by atoms with Crippen LogP contribution in [-0.2, 0) is 6.54 Å². The number of nitro groups is 1. The molecule has 2 heterocycles. The topological polar surface area (TPSA) is 87.1 Å². The van der Waals surface area contributed by atoms with E-state index in [2.05, 4.69) is 0 Å². The van der Waals surface area contributed by atoms with E-state index in [9.17, 15) is 19.7 Å². The Hall–Kier alpha value is -3.48. The predicted molar refractivity (Wildman–Crippen MR) is 102 cm³/mol. The molecule has 7 heteroatoms. The zero-order valence-corrected chi connectivity index (χ0v) is 15.3. The molecule has 3 aromatic rings. The summed E-state index contributed by atoms with van der Waals surface area (Å²) in [5.74, 6) is -0.274. The van der Waals surface area contributed by atoms with Crippen molar-refractivity contribution in [2.75, 3.05) is 0 Å². The van der Waals surface area contributed by atoms with Crippen molar-refractivity contribution < 1.29 is 9.72 Å². The normalized spacial score (nSPS) is 10.8. The quantitative estimate of drug-likeness (QED) is 0.394. The maximum atomic E-state index is 12.8. The molecule has 27 heavy (non-hydrogen) atoms. The number of ketones is 1. The van der Waals surface area contributed by atoms with Gasteiger partial charge in [-0.2, -0.15) is 0 Å². The summed E-state index contributed by atoms with van der Waals surface area (Å²) in [6, 6.07) is 12.0. The summed E-state index contributed by atoms with van der Waals surface area (Å²) in [6.45, 7) is 5.50. The van der Waals surface area contributed by atoms with Crippen LogP contribution < -0.4 is 5.56 Å². The fourth-order valence-corrected chi connectivity index (χ4v) is 3.20. The van der Waals surface area contributed by atoms with E-state index in [-0.39, 0.29) is 18.0 Å². The van der Waals surface area contributed by atoms with E-state index in [1.165, 1.54) is 0 Å². The largest absolute Gasteiger partial charge is 0.318 e. The number of pyridine rings is 1. The SMILES string of the molecule is Cc1cccc(-n2c(C)cc(C(=O)Cn3cc([N+](=O)[O-])ccc3=O)c2C)c1. The van der Waals surface area contributed by atoms with Crippen LogP contribution in [0, 0.1) is 30.9 Å². The van der Waals surface area contributed by atoms with E-state index >= 15 is 0 Å². The summed E-state index contributed by atoms with van der Waals surface area (Å²) in [5, 5.41) is 10.9. The molecule has 0 atom stereocenters. The molecule has 0 amide bonds. The highest BCUT2D eigenvalue weighted by Gasteiger charge is 2.18. The minimum absolute atomic E-state index is 0.229. The highest BCUT2D eigenvalue weighted by molar-refractivity contribution is 5.97. The van der Waals surface area contributed by atoms with Gasteiger partial charge in [0.15, 0.2) is 5.78 Å². The number of hydrogen-bond acceptors (Lipinski definition) is 4. The van der Waals surface area contributed by atoms with Crippen molar-refractivity contribution in [3.05, 3.63) is 91.6 Å². The Morgan fingerprint density at radius 3 is 2.52 bits per heavy atom. The Labute approximate surface area is 155 Å². The van der Waals surface area contributed by atoms with Gasteiger partial charge in [0.2, 0.25) is 0 Å². The van der Waals surface area contributed by atoms with Crippen molar-refractivity contribution >= 4 is 11.5 Å². The lowest BCUT2D eigenvalue weighted by Crippen LogP contribution is -2.23. The highest BCUT2D eigenvalue weighted by atomic mass is 16.6. The third-order valence-electron chi connectivity index (χ3n) is 4.48. The van der Waals surface area contributed by atoms with Gasteiger partial charge in [-0.05, 0) is 44.5 Å². The van der Waals surface area contributed by atoms with Crippen LogP contribution in [0.1, 0.15) is 27.3 Å². The lowest BCUT2D eigenvalue weighted by molar-refractivity contribution is -0.385. The van der Waals surface area contributed by atoms with E-state index in [4.69, 9.17) is 0 Å². The fraction of sp³-hybridized carbons (Fsp3) is 0.200. The van der Waals surface area contributed by atoms with Crippen molar-refractivity contribution in [2.45, 2.75) is 27.3 Å². The molecule has 0 saturated heterocycles. The lowest BCUT2D eigenvalue weighted by Gasteiger charge is -2.11. The average Bonchev–Trinajstić information content (AvgIpc) is 2.91. The molecule has 7 nitrogen and oxygen atoms in total. The Morgan fingerprint density at radius 2 is 1.85 bits per heavy atom. The first-order chi connectivity index (χ1) is 12.8. The second kappa shape index (κ2) is 7.03. The van der Waals surface area contributed by atoms with E-state index in [1.54, 1.807) is 6.07 Å². The van der Waals surface area contributed by atoms with Crippen molar-refractivity contribution in [1.82, 2.24) is 9.13 Å². The Kier molecular flexibility index (Phi) is 4.77. The molecular formula is C20H19N3O4. The molecule has 0 aliphatic rings. The van der Waals surface area contributed by atoms with E-state index in [0.29, 0.717) is 5.56 Å². The summed E-state index contributed by atoms with van der Waals surface area (Å²) >= 11 is 0. The van der Waals surface area contributed by atoms with Crippen LogP contribution in [0.15, 0.2) is 53.5 Å². The van der Waals surface area contributed by atoms with Gasteiger partial charge in [0.25, 0.3) is 11.2 Å². The number of carbonyl (C=O) groups is 1. The van der Waals surface area contributed by atoms with Gasteiger partial charge in [-0.25, -0.2) is 0 Å². The van der Waals surface area contributed by atoms with Crippen LogP contribution in [0.4, 0.5) is 5.69 Å². The van der Waals surface area contributed by atoms with Gasteiger partial charge in [0.05, 0.1) is 17.7 Å². The summed E-state index contributed by atoms with van der Waals surface area (Å²) < 4.78 is 3.05. The van der Waals surface area contributed by atoms with Gasteiger partial charge >= 0.3 is 0 Å². The predicted octanol–water partition coefficient (Wildman–Crippen LogP) is 3.36. The second-order valence-electron chi connectivity index (χ2n) is 6.49. The molecule has 0 fully saturated rings. The molecule has 0 aliphatic carbocycles. The van der Waals surface area contributed by atoms with Crippen LogP contribution in [0.3, 0.4) is 0 Å². The fourth-order valence-electron chi connectivity index (χ4n) is 3.20. The molecule has 0 aliphatic heterocycles. The molecule has 3 rings (SSSR count). The summed E-state index contributed by atoms with van der Waals surface area (Å²) in [5.41, 5.74) is 3.53. The van der Waals surface area contributed by atoms with Crippen molar-refractivity contribution in [3.63, 3.8) is 0 Å². The highest BCUT2D eigenvalue weighted by Crippen LogP contribution is 2.22. The van der Waals surface area contributed by atoms with Crippen molar-refractivity contribution in [3.8, 4) is 5.69 Å². The number of benzene rings is 1. The van der Waals surface area contributed by atoms with Gasteiger partial charge in [-0.1, -0.05) is 12.1 Å². The van der Waals surface area contributed by atoms with Crippen LogP contribution in [-0.4, -0.2) is 19.8 Å². The molecule has 0 N–H and O–H groups in total. The zero-order chi connectivity index (χ0) is 19.7. The van der Waals surface area contributed by atoms with Crippen molar-refractivity contribution in [2.24, 2.45) is 0 Å². The Balaban J connectivity index is 1.98. The Morgan fingerprint density at radius 1 is 1.11 bits per heavy atom. The third kappa shape index (κ3) is 3.57. The number of rotatable bonds is 5. The standard InChI is InChI=1S/C20H19N3O4/c1-13-5-4-6-16(9-13)22-14(2)10-18(15(22)3)19(24)12-21-11-17(23(26)27)7-8-20(21)25/h4-11H,12H2,1-3H3. The van der Waals surface area contributed by atoms with Crippen LogP contribution >= 0.6 is 0 Å². The van der Waals surface area contributed by atoms with Crippen molar-refractivity contribution in [1.29, 1.82) is 0 Å². The zero-order valence-electron chi connectivity index (χ0n) is 15.3. The first-order valence-corrected chi connectivity index (χ1v) is 8.42. The summed E-state index contributed by atoms with van der Waals surface area (Å²) in [7, 11) is 0. The number of Topliss-reactive ketones (excluding diaryl/α,β-unsaturated/α-hetero) is 1. The van der Waals surface area contributed by atoms with Gasteiger partial charge in [0, 0.05) is 34.8 Å². The van der Waals surface area contributed by atoms with Crippen LogP contribution in [0.2, 0.25) is 0 Å².